The first-order valence-electron chi connectivity index (χ1n) is 5.95. The molecular weight excluding hydrogens is 258 g/mol. The molecule has 0 saturated heterocycles. The maximum Gasteiger partial charge on any atom is 0.280 e. The Hall–Kier alpha value is -2.76. The number of allylic oxidation sites excluding steroid dienone is 1. The van der Waals surface area contributed by atoms with Gasteiger partial charge in [-0.2, -0.15) is 5.10 Å². The van der Waals surface area contributed by atoms with E-state index in [1.54, 1.807) is 23.9 Å². The second-order valence-electron chi connectivity index (χ2n) is 4.31. The van der Waals surface area contributed by atoms with Crippen LogP contribution in [0.3, 0.4) is 0 Å². The van der Waals surface area contributed by atoms with Gasteiger partial charge in [0.1, 0.15) is 0 Å². The van der Waals surface area contributed by atoms with Gasteiger partial charge in [-0.15, -0.1) is 0 Å². The van der Waals surface area contributed by atoms with Gasteiger partial charge >= 0.3 is 0 Å². The van der Waals surface area contributed by atoms with E-state index in [0.717, 1.165) is 11.4 Å². The quantitative estimate of drug-likeness (QED) is 0.370. The number of carbonyl (C=O) groups excluding carboxylic acids is 1. The van der Waals surface area contributed by atoms with E-state index in [1.807, 2.05) is 13.0 Å². The first-order chi connectivity index (χ1) is 9.49. The molecule has 0 atom stereocenters. The molecule has 0 fully saturated rings. The summed E-state index contributed by atoms with van der Waals surface area (Å²) in [5, 5.41) is 15.0. The zero-order valence-corrected chi connectivity index (χ0v) is 11.1. The van der Waals surface area contributed by atoms with Gasteiger partial charge in [-0.05, 0) is 31.2 Å². The lowest BCUT2D eigenvalue weighted by atomic mass is 10.1. The molecule has 0 aliphatic carbocycles. The fourth-order valence-corrected chi connectivity index (χ4v) is 1.88. The van der Waals surface area contributed by atoms with E-state index in [1.165, 1.54) is 24.3 Å². The summed E-state index contributed by atoms with van der Waals surface area (Å²) in [6, 6.07) is 7.71. The van der Waals surface area contributed by atoms with Gasteiger partial charge in [0.25, 0.3) is 5.69 Å². The Balaban J connectivity index is 2.29. The maximum absolute atomic E-state index is 12.0. The van der Waals surface area contributed by atoms with Gasteiger partial charge in [0.05, 0.1) is 21.9 Å². The van der Waals surface area contributed by atoms with Crippen LogP contribution < -0.4 is 0 Å². The molecular formula is C14H13N3O3. The third-order valence-electron chi connectivity index (χ3n) is 2.81. The summed E-state index contributed by atoms with van der Waals surface area (Å²) in [5.41, 5.74) is 1.48. The number of nitro groups is 1. The summed E-state index contributed by atoms with van der Waals surface area (Å²) < 4.78 is 1.64. The van der Waals surface area contributed by atoms with Crippen LogP contribution in [0.5, 0.6) is 0 Å². The van der Waals surface area contributed by atoms with Crippen molar-refractivity contribution in [3.63, 3.8) is 0 Å². The highest BCUT2D eigenvalue weighted by Gasteiger charge is 2.16. The molecule has 0 radical (unpaired) electrons. The number of nitro benzene ring substituents is 1. The van der Waals surface area contributed by atoms with Crippen LogP contribution in [0.25, 0.3) is 6.08 Å². The predicted molar refractivity (Wildman–Crippen MR) is 74.4 cm³/mol. The molecule has 2 aromatic rings. The molecule has 20 heavy (non-hydrogen) atoms. The summed E-state index contributed by atoms with van der Waals surface area (Å²) in [7, 11) is 1.77. The van der Waals surface area contributed by atoms with E-state index < -0.39 is 10.7 Å². The highest BCUT2D eigenvalue weighted by molar-refractivity contribution is 6.09. The highest BCUT2D eigenvalue weighted by Crippen LogP contribution is 2.19. The average molecular weight is 271 g/mol. The number of nitrogens with zero attached hydrogens (tertiary/aromatic N) is 3. The van der Waals surface area contributed by atoms with E-state index in [0.29, 0.717) is 0 Å². The molecule has 6 nitrogen and oxygen atoms in total. The van der Waals surface area contributed by atoms with Gasteiger partial charge in [0.15, 0.2) is 5.78 Å². The van der Waals surface area contributed by atoms with E-state index in [2.05, 4.69) is 5.10 Å². The number of para-hydroxylation sites is 1. The molecule has 1 aromatic heterocycles. The Morgan fingerprint density at radius 1 is 1.40 bits per heavy atom. The number of ketones is 1. The molecule has 6 heteroatoms. The molecule has 1 heterocycles. The number of hydrogen-bond acceptors (Lipinski definition) is 4. The summed E-state index contributed by atoms with van der Waals surface area (Å²) in [6.45, 7) is 1.85. The van der Waals surface area contributed by atoms with Crippen LogP contribution in [0.15, 0.2) is 36.4 Å². The minimum absolute atomic E-state index is 0.0765. The van der Waals surface area contributed by atoms with Gasteiger partial charge in [-0.1, -0.05) is 12.1 Å². The van der Waals surface area contributed by atoms with Crippen LogP contribution in [-0.2, 0) is 7.05 Å². The lowest BCUT2D eigenvalue weighted by molar-refractivity contribution is -0.385. The zero-order chi connectivity index (χ0) is 14.7. The average Bonchev–Trinajstić information content (AvgIpc) is 2.74. The topological polar surface area (TPSA) is 78.0 Å². The van der Waals surface area contributed by atoms with Crippen molar-refractivity contribution in [1.29, 1.82) is 0 Å². The Morgan fingerprint density at radius 3 is 2.70 bits per heavy atom. The molecule has 102 valence electrons. The van der Waals surface area contributed by atoms with Crippen molar-refractivity contribution in [2.45, 2.75) is 6.92 Å². The molecule has 0 N–H and O–H groups in total. The molecule has 0 aliphatic rings. The van der Waals surface area contributed by atoms with Crippen LogP contribution in [0.1, 0.15) is 21.7 Å². The highest BCUT2D eigenvalue weighted by atomic mass is 16.6. The van der Waals surface area contributed by atoms with Crippen molar-refractivity contribution < 1.29 is 9.72 Å². The third-order valence-corrected chi connectivity index (χ3v) is 2.81. The van der Waals surface area contributed by atoms with Crippen molar-refractivity contribution in [2.75, 3.05) is 0 Å². The SMILES string of the molecule is Cc1cc(/C=C/C(=O)c2ccccc2[N+](=O)[O-])n(C)n1. The standard InChI is InChI=1S/C14H13N3O3/c1-10-9-11(16(2)15-10)7-8-14(18)12-5-3-4-6-13(12)17(19)20/h3-9H,1-2H3/b8-7+. The van der Waals surface area contributed by atoms with E-state index in [-0.39, 0.29) is 11.3 Å². The van der Waals surface area contributed by atoms with Crippen molar-refractivity contribution in [3.8, 4) is 0 Å². The molecule has 0 spiro atoms. The number of benzene rings is 1. The van der Waals surface area contributed by atoms with Crippen LogP contribution in [-0.4, -0.2) is 20.5 Å². The fraction of sp³-hybridized carbons (Fsp3) is 0.143. The number of aryl methyl sites for hydroxylation is 2. The van der Waals surface area contributed by atoms with Crippen molar-refractivity contribution in [3.05, 3.63) is 63.5 Å². The first-order valence-corrected chi connectivity index (χ1v) is 5.95. The minimum Gasteiger partial charge on any atom is -0.289 e. The molecule has 0 amide bonds. The molecule has 0 bridgehead atoms. The number of carbonyl (C=O) groups is 1. The van der Waals surface area contributed by atoms with E-state index in [4.69, 9.17) is 0 Å². The number of hydrogen-bond donors (Lipinski definition) is 0. The number of rotatable bonds is 4. The summed E-state index contributed by atoms with van der Waals surface area (Å²) in [4.78, 5) is 22.4. The van der Waals surface area contributed by atoms with Crippen LogP contribution in [0, 0.1) is 17.0 Å². The first kappa shape index (κ1) is 13.7. The van der Waals surface area contributed by atoms with Gasteiger partial charge in [-0.25, -0.2) is 0 Å². The summed E-state index contributed by atoms with van der Waals surface area (Å²) in [6.07, 6.45) is 2.91. The van der Waals surface area contributed by atoms with Crippen LogP contribution in [0.2, 0.25) is 0 Å². The summed E-state index contributed by atoms with van der Waals surface area (Å²) >= 11 is 0. The molecule has 0 unspecified atom stereocenters. The second-order valence-corrected chi connectivity index (χ2v) is 4.31. The maximum atomic E-state index is 12.0. The van der Waals surface area contributed by atoms with Gasteiger partial charge in [-0.3, -0.25) is 19.6 Å². The van der Waals surface area contributed by atoms with Crippen molar-refractivity contribution in [1.82, 2.24) is 9.78 Å². The molecule has 1 aromatic carbocycles. The smallest absolute Gasteiger partial charge is 0.280 e. The zero-order valence-electron chi connectivity index (χ0n) is 11.1. The Kier molecular flexibility index (Phi) is 3.74. The van der Waals surface area contributed by atoms with Gasteiger partial charge in [0, 0.05) is 13.1 Å². The number of aromatic nitrogens is 2. The van der Waals surface area contributed by atoms with Gasteiger partial charge in [0.2, 0.25) is 0 Å². The largest absolute Gasteiger partial charge is 0.289 e. The molecule has 0 aliphatic heterocycles. The van der Waals surface area contributed by atoms with Gasteiger partial charge < -0.3 is 0 Å². The lowest BCUT2D eigenvalue weighted by Gasteiger charge is -1.98. The minimum atomic E-state index is -0.560. The second kappa shape index (κ2) is 5.48. The van der Waals surface area contributed by atoms with Crippen LogP contribution >= 0.6 is 0 Å². The van der Waals surface area contributed by atoms with Crippen molar-refractivity contribution >= 4 is 17.5 Å². The normalized spacial score (nSPS) is 10.9. The van der Waals surface area contributed by atoms with E-state index in [9.17, 15) is 14.9 Å². The van der Waals surface area contributed by atoms with Crippen LogP contribution in [0.4, 0.5) is 5.69 Å². The fourth-order valence-electron chi connectivity index (χ4n) is 1.88. The van der Waals surface area contributed by atoms with Crippen molar-refractivity contribution in [2.24, 2.45) is 7.05 Å². The lowest BCUT2D eigenvalue weighted by Crippen LogP contribution is -2.01. The molecule has 0 saturated carbocycles. The van der Waals surface area contributed by atoms with E-state index >= 15 is 0 Å². The predicted octanol–water partition coefficient (Wildman–Crippen LogP) is 2.53. The monoisotopic (exact) mass is 271 g/mol. The Labute approximate surface area is 115 Å². The Bertz CT molecular complexity index is 701. The third kappa shape index (κ3) is 2.80. The Morgan fingerprint density at radius 2 is 2.10 bits per heavy atom. The molecule has 2 rings (SSSR count). The summed E-state index contributed by atoms with van der Waals surface area (Å²) in [5.74, 6) is -0.406.